The van der Waals surface area contributed by atoms with Gasteiger partial charge in [0.05, 0.1) is 18.7 Å². The van der Waals surface area contributed by atoms with E-state index in [0.29, 0.717) is 17.4 Å². The van der Waals surface area contributed by atoms with Crippen molar-refractivity contribution < 1.29 is 9.53 Å². The fourth-order valence-corrected chi connectivity index (χ4v) is 3.03. The van der Waals surface area contributed by atoms with E-state index in [1.165, 1.54) is 6.33 Å². The number of ether oxygens (including phenoxy) is 1. The number of rotatable bonds is 5. The molecule has 0 radical (unpaired) electrons. The summed E-state index contributed by atoms with van der Waals surface area (Å²) in [5.74, 6) is 1.69. The molecule has 0 bridgehead atoms. The van der Waals surface area contributed by atoms with Gasteiger partial charge in [-0.25, -0.2) is 4.68 Å². The van der Waals surface area contributed by atoms with Crippen molar-refractivity contribution >= 4 is 17.5 Å². The summed E-state index contributed by atoms with van der Waals surface area (Å²) in [4.78, 5) is 17.2. The van der Waals surface area contributed by atoms with E-state index in [1.807, 2.05) is 31.2 Å². The maximum Gasteiger partial charge on any atom is 0.255 e. The SMILES string of the molecule is COc1ccc(NC(=O)C2=C(C)Nc3ncnn3[C@@H]2CC(C)C)cc1. The number of hydrogen-bond acceptors (Lipinski definition) is 5. The molecule has 0 unspecified atom stereocenters. The van der Waals surface area contributed by atoms with Gasteiger partial charge in [0.25, 0.3) is 5.91 Å². The maximum absolute atomic E-state index is 13.0. The standard InChI is InChI=1S/C18H23N5O2/c1-11(2)9-15-16(12(3)21-18-19-10-20-23(15)18)17(24)22-13-5-7-14(25-4)8-6-13/h5-8,10-11,15H,9H2,1-4H3,(H,22,24)(H,19,20,21)/t15-/m1/s1. The highest BCUT2D eigenvalue weighted by atomic mass is 16.5. The van der Waals surface area contributed by atoms with Gasteiger partial charge in [0.1, 0.15) is 12.1 Å². The Kier molecular flexibility index (Phi) is 4.74. The minimum Gasteiger partial charge on any atom is -0.497 e. The van der Waals surface area contributed by atoms with E-state index in [2.05, 4.69) is 34.6 Å². The Hall–Kier alpha value is -2.83. The molecule has 0 saturated heterocycles. The van der Waals surface area contributed by atoms with Crippen molar-refractivity contribution in [1.29, 1.82) is 0 Å². The Balaban J connectivity index is 1.87. The molecule has 132 valence electrons. The van der Waals surface area contributed by atoms with E-state index in [0.717, 1.165) is 23.6 Å². The largest absolute Gasteiger partial charge is 0.497 e. The van der Waals surface area contributed by atoms with E-state index >= 15 is 0 Å². The first kappa shape index (κ1) is 17.0. The normalized spacial score (nSPS) is 16.4. The lowest BCUT2D eigenvalue weighted by molar-refractivity contribution is -0.113. The number of hydrogen-bond donors (Lipinski definition) is 2. The van der Waals surface area contributed by atoms with Crippen LogP contribution >= 0.6 is 0 Å². The third kappa shape index (κ3) is 3.50. The molecule has 2 heterocycles. The summed E-state index contributed by atoms with van der Waals surface area (Å²) in [6, 6.07) is 7.13. The number of amides is 1. The molecular weight excluding hydrogens is 318 g/mol. The van der Waals surface area contributed by atoms with Crippen molar-refractivity contribution in [2.45, 2.75) is 33.2 Å². The molecule has 1 atom stereocenters. The van der Waals surface area contributed by atoms with Crippen molar-refractivity contribution in [1.82, 2.24) is 14.8 Å². The summed E-state index contributed by atoms with van der Waals surface area (Å²) in [6.07, 6.45) is 2.31. The number of nitrogens with zero attached hydrogens (tertiary/aromatic N) is 3. The summed E-state index contributed by atoms with van der Waals surface area (Å²) >= 11 is 0. The van der Waals surface area contributed by atoms with E-state index in [-0.39, 0.29) is 11.9 Å². The van der Waals surface area contributed by atoms with Crippen molar-refractivity contribution in [3.63, 3.8) is 0 Å². The van der Waals surface area contributed by atoms with Gasteiger partial charge in [-0.1, -0.05) is 13.8 Å². The zero-order valence-corrected chi connectivity index (χ0v) is 14.9. The molecule has 2 N–H and O–H groups in total. The number of aromatic nitrogens is 3. The van der Waals surface area contributed by atoms with Crippen molar-refractivity contribution in [2.24, 2.45) is 5.92 Å². The second kappa shape index (κ2) is 6.96. The van der Waals surface area contributed by atoms with Crippen LogP contribution in [0.3, 0.4) is 0 Å². The average molecular weight is 341 g/mol. The molecule has 1 amide bonds. The average Bonchev–Trinajstić information content (AvgIpc) is 3.03. The Morgan fingerprint density at radius 2 is 2.08 bits per heavy atom. The first-order valence-corrected chi connectivity index (χ1v) is 8.32. The number of allylic oxidation sites excluding steroid dienone is 1. The van der Waals surface area contributed by atoms with Crippen LogP contribution in [0.2, 0.25) is 0 Å². The van der Waals surface area contributed by atoms with E-state index < -0.39 is 0 Å². The minimum atomic E-state index is -0.142. The van der Waals surface area contributed by atoms with Crippen LogP contribution in [0, 0.1) is 5.92 Å². The van der Waals surface area contributed by atoms with E-state index in [9.17, 15) is 4.79 Å². The first-order valence-electron chi connectivity index (χ1n) is 8.32. The van der Waals surface area contributed by atoms with Gasteiger partial charge < -0.3 is 15.4 Å². The quantitative estimate of drug-likeness (QED) is 0.873. The number of carbonyl (C=O) groups is 1. The highest BCUT2D eigenvalue weighted by molar-refractivity contribution is 6.05. The number of carbonyl (C=O) groups excluding carboxylic acids is 1. The number of nitrogens with one attached hydrogen (secondary N) is 2. The molecule has 1 aliphatic rings. The van der Waals surface area contributed by atoms with Gasteiger partial charge in [0.15, 0.2) is 0 Å². The molecule has 7 nitrogen and oxygen atoms in total. The number of fused-ring (bicyclic) bond motifs is 1. The molecule has 2 aromatic rings. The molecule has 0 aliphatic carbocycles. The molecule has 7 heteroatoms. The summed E-state index contributed by atoms with van der Waals surface area (Å²) < 4.78 is 6.94. The van der Waals surface area contributed by atoms with Gasteiger partial charge in [0.2, 0.25) is 5.95 Å². The van der Waals surface area contributed by atoms with Gasteiger partial charge >= 0.3 is 0 Å². The van der Waals surface area contributed by atoms with Crippen LogP contribution < -0.4 is 15.4 Å². The molecule has 0 spiro atoms. The lowest BCUT2D eigenvalue weighted by Crippen LogP contribution is -2.31. The summed E-state index contributed by atoms with van der Waals surface area (Å²) in [6.45, 7) is 6.16. The zero-order chi connectivity index (χ0) is 18.0. The van der Waals surface area contributed by atoms with Crippen LogP contribution in [0.5, 0.6) is 5.75 Å². The predicted molar refractivity (Wildman–Crippen MR) is 96.5 cm³/mol. The molecule has 1 aliphatic heterocycles. The Labute approximate surface area is 147 Å². The number of benzene rings is 1. The molecule has 1 aromatic carbocycles. The van der Waals surface area contributed by atoms with Crippen LogP contribution in [0.4, 0.5) is 11.6 Å². The van der Waals surface area contributed by atoms with Crippen LogP contribution in [-0.4, -0.2) is 27.8 Å². The second-order valence-electron chi connectivity index (χ2n) is 6.52. The second-order valence-corrected chi connectivity index (χ2v) is 6.52. The Bertz CT molecular complexity index is 792. The topological polar surface area (TPSA) is 81.1 Å². The monoisotopic (exact) mass is 341 g/mol. The third-order valence-electron chi connectivity index (χ3n) is 4.19. The van der Waals surface area contributed by atoms with E-state index in [4.69, 9.17) is 4.74 Å². The van der Waals surface area contributed by atoms with Crippen molar-refractivity contribution in [3.05, 3.63) is 41.9 Å². The smallest absolute Gasteiger partial charge is 0.255 e. The van der Waals surface area contributed by atoms with Crippen LogP contribution in [-0.2, 0) is 4.79 Å². The highest BCUT2D eigenvalue weighted by Gasteiger charge is 2.32. The van der Waals surface area contributed by atoms with Gasteiger partial charge in [-0.05, 0) is 43.5 Å². The molecule has 3 rings (SSSR count). The molecule has 25 heavy (non-hydrogen) atoms. The zero-order valence-electron chi connectivity index (χ0n) is 14.9. The maximum atomic E-state index is 13.0. The minimum absolute atomic E-state index is 0.137. The van der Waals surface area contributed by atoms with Crippen LogP contribution in [0.1, 0.15) is 33.2 Å². The van der Waals surface area contributed by atoms with Gasteiger partial charge in [-0.2, -0.15) is 10.1 Å². The Morgan fingerprint density at radius 1 is 1.36 bits per heavy atom. The first-order chi connectivity index (χ1) is 12.0. The van der Waals surface area contributed by atoms with Crippen molar-refractivity contribution in [2.75, 3.05) is 17.7 Å². The number of methoxy groups -OCH3 is 1. The number of anilines is 2. The summed E-state index contributed by atoms with van der Waals surface area (Å²) in [5, 5.41) is 10.4. The lowest BCUT2D eigenvalue weighted by atomic mass is 9.94. The predicted octanol–water partition coefficient (Wildman–Crippen LogP) is 3.21. The molecular formula is C18H23N5O2. The van der Waals surface area contributed by atoms with Crippen molar-refractivity contribution in [3.8, 4) is 5.75 Å². The fraction of sp³-hybridized carbons (Fsp3) is 0.389. The summed E-state index contributed by atoms with van der Waals surface area (Å²) in [5.41, 5.74) is 2.21. The molecule has 0 saturated carbocycles. The van der Waals surface area contributed by atoms with Gasteiger partial charge in [-0.3, -0.25) is 4.79 Å². The summed E-state index contributed by atoms with van der Waals surface area (Å²) in [7, 11) is 1.61. The van der Waals surface area contributed by atoms with E-state index in [1.54, 1.807) is 11.8 Å². The van der Waals surface area contributed by atoms with Gasteiger partial charge in [-0.15, -0.1) is 0 Å². The molecule has 1 aromatic heterocycles. The lowest BCUT2D eigenvalue weighted by Gasteiger charge is -2.29. The molecule has 0 fully saturated rings. The van der Waals surface area contributed by atoms with Gasteiger partial charge in [0, 0.05) is 11.4 Å². The van der Waals surface area contributed by atoms with Crippen LogP contribution in [0.15, 0.2) is 41.9 Å². The van der Waals surface area contributed by atoms with Crippen LogP contribution in [0.25, 0.3) is 0 Å². The highest BCUT2D eigenvalue weighted by Crippen LogP contribution is 2.34. The Morgan fingerprint density at radius 3 is 2.72 bits per heavy atom. The third-order valence-corrected chi connectivity index (χ3v) is 4.19. The fourth-order valence-electron chi connectivity index (χ4n) is 3.03.